The molecule has 0 aliphatic heterocycles. The molecule has 2 atom stereocenters. The summed E-state index contributed by atoms with van der Waals surface area (Å²) < 4.78 is 26.5. The van der Waals surface area contributed by atoms with E-state index in [-0.39, 0.29) is 30.0 Å². The molecule has 0 fully saturated rings. The van der Waals surface area contributed by atoms with Gasteiger partial charge in [-0.05, 0) is 39.7 Å². The number of aliphatic hydroxyl groups excluding tert-OH is 1. The molecule has 0 heterocycles. The van der Waals surface area contributed by atoms with Gasteiger partial charge < -0.3 is 5.11 Å². The Balaban J connectivity index is 3.44. The Labute approximate surface area is 138 Å². The smallest absolute Gasteiger partial charge is 0.269 e. The number of nitro benzene ring substituents is 1. The van der Waals surface area contributed by atoms with E-state index in [4.69, 9.17) is 0 Å². The summed E-state index contributed by atoms with van der Waals surface area (Å²) in [5, 5.41) is 20.4. The van der Waals surface area contributed by atoms with Gasteiger partial charge in [0.2, 0.25) is 0 Å². The molecular weight excluding hydrogens is 321 g/mol. The number of halogens is 1. The number of rotatable bonds is 7. The summed E-state index contributed by atoms with van der Waals surface area (Å²) in [7, 11) is -1.28. The van der Waals surface area contributed by atoms with Crippen LogP contribution in [0, 0.1) is 15.9 Å². The van der Waals surface area contributed by atoms with Crippen LogP contribution in [0.5, 0.6) is 0 Å². The van der Waals surface area contributed by atoms with E-state index in [0.29, 0.717) is 6.42 Å². The van der Waals surface area contributed by atoms with Crippen molar-refractivity contribution in [2.45, 2.75) is 50.7 Å². The molecule has 1 N–H and O–H groups in total. The van der Waals surface area contributed by atoms with Crippen molar-refractivity contribution in [3.05, 3.63) is 39.7 Å². The fourth-order valence-electron chi connectivity index (χ4n) is 2.47. The molecule has 23 heavy (non-hydrogen) atoms. The van der Waals surface area contributed by atoms with Crippen LogP contribution in [0.2, 0.25) is 0 Å². The molecule has 0 bridgehead atoms. The van der Waals surface area contributed by atoms with E-state index in [1.165, 1.54) is 6.07 Å². The number of nitrogens with zero attached hydrogens (tertiary/aromatic N) is 1. The lowest BCUT2D eigenvalue weighted by atomic mass is 9.77. The fraction of sp³-hybridized carbons (Fsp3) is 0.625. The minimum Gasteiger partial charge on any atom is -0.396 e. The van der Waals surface area contributed by atoms with Gasteiger partial charge >= 0.3 is 0 Å². The van der Waals surface area contributed by atoms with Crippen LogP contribution < -0.4 is 0 Å². The van der Waals surface area contributed by atoms with Gasteiger partial charge in [0, 0.05) is 51.0 Å². The zero-order valence-corrected chi connectivity index (χ0v) is 14.8. The molecule has 0 radical (unpaired) electrons. The molecule has 1 aromatic rings. The van der Waals surface area contributed by atoms with Crippen LogP contribution in [-0.4, -0.2) is 31.3 Å². The van der Waals surface area contributed by atoms with Crippen LogP contribution in [0.1, 0.15) is 46.1 Å². The zero-order chi connectivity index (χ0) is 17.8. The topological polar surface area (TPSA) is 80.4 Å². The van der Waals surface area contributed by atoms with Gasteiger partial charge in [-0.2, -0.15) is 0 Å². The van der Waals surface area contributed by atoms with Crippen LogP contribution in [-0.2, 0) is 16.2 Å². The van der Waals surface area contributed by atoms with E-state index in [1.807, 2.05) is 27.7 Å². The monoisotopic (exact) mass is 345 g/mol. The van der Waals surface area contributed by atoms with Crippen LogP contribution in [0.3, 0.4) is 0 Å². The average Bonchev–Trinajstić information content (AvgIpc) is 2.45. The van der Waals surface area contributed by atoms with Crippen molar-refractivity contribution < 1.29 is 18.6 Å². The number of nitro groups is 1. The molecule has 0 amide bonds. The second-order valence-corrected chi connectivity index (χ2v) is 8.84. The van der Waals surface area contributed by atoms with Crippen molar-refractivity contribution in [2.75, 3.05) is 12.4 Å². The first kappa shape index (κ1) is 19.7. The maximum absolute atomic E-state index is 14.4. The van der Waals surface area contributed by atoms with Gasteiger partial charge in [-0.25, -0.2) is 4.39 Å². The lowest BCUT2D eigenvalue weighted by Gasteiger charge is -2.35. The molecular formula is C16H24FNO4S. The number of benzene rings is 1. The van der Waals surface area contributed by atoms with E-state index in [1.54, 1.807) is 0 Å². The Hall–Kier alpha value is -1.34. The minimum absolute atomic E-state index is 0.144. The van der Waals surface area contributed by atoms with E-state index in [0.717, 1.165) is 12.1 Å². The van der Waals surface area contributed by atoms with E-state index >= 15 is 0 Å². The van der Waals surface area contributed by atoms with Crippen molar-refractivity contribution in [3.8, 4) is 0 Å². The number of hydrogen-bond donors (Lipinski definition) is 1. The first-order valence-corrected chi connectivity index (χ1v) is 8.83. The zero-order valence-electron chi connectivity index (χ0n) is 14.0. The predicted molar refractivity (Wildman–Crippen MR) is 89.5 cm³/mol. The highest BCUT2D eigenvalue weighted by molar-refractivity contribution is 7.86. The SMILES string of the molecule is CC[C@@](CCO)(C[S@@](=O)C(C)(C)C)c1cc([N+](=O)[O-])ccc1F. The minimum atomic E-state index is -1.28. The molecule has 130 valence electrons. The van der Waals surface area contributed by atoms with Crippen molar-refractivity contribution in [2.24, 2.45) is 0 Å². The standard InChI is InChI=1S/C16H24FNO4S/c1-5-16(8-9-19,11-23(22)15(2,3)4)13-10-12(18(20)21)6-7-14(13)17/h6-7,10,19H,5,8-9,11H2,1-4H3/t16-,23-/m1/s1. The lowest BCUT2D eigenvalue weighted by Crippen LogP contribution is -2.39. The Morgan fingerprint density at radius 2 is 1.96 bits per heavy atom. The first-order valence-electron chi connectivity index (χ1n) is 7.51. The van der Waals surface area contributed by atoms with Crippen LogP contribution in [0.25, 0.3) is 0 Å². The Morgan fingerprint density at radius 1 is 1.35 bits per heavy atom. The van der Waals surface area contributed by atoms with Crippen molar-refractivity contribution in [1.82, 2.24) is 0 Å². The average molecular weight is 345 g/mol. The Kier molecular flexibility index (Phi) is 6.41. The summed E-state index contributed by atoms with van der Waals surface area (Å²) in [6.45, 7) is 7.08. The van der Waals surface area contributed by atoms with Crippen molar-refractivity contribution in [1.29, 1.82) is 0 Å². The second kappa shape index (κ2) is 7.49. The van der Waals surface area contributed by atoms with Gasteiger partial charge in [-0.15, -0.1) is 0 Å². The summed E-state index contributed by atoms with van der Waals surface area (Å²) in [6.07, 6.45) is 0.622. The molecule has 0 unspecified atom stereocenters. The number of aliphatic hydroxyl groups is 1. The normalized spacial score (nSPS) is 15.9. The molecule has 0 aromatic heterocycles. The second-order valence-electron chi connectivity index (χ2n) is 6.63. The third-order valence-electron chi connectivity index (χ3n) is 4.09. The van der Waals surface area contributed by atoms with Gasteiger partial charge in [0.05, 0.1) is 4.92 Å². The van der Waals surface area contributed by atoms with Crippen LogP contribution in [0.4, 0.5) is 10.1 Å². The summed E-state index contributed by atoms with van der Waals surface area (Å²) in [6, 6.07) is 3.38. The molecule has 0 aliphatic rings. The Bertz CT molecular complexity index is 600. The van der Waals surface area contributed by atoms with E-state index in [2.05, 4.69) is 0 Å². The summed E-state index contributed by atoms with van der Waals surface area (Å²) >= 11 is 0. The highest BCUT2D eigenvalue weighted by atomic mass is 32.2. The van der Waals surface area contributed by atoms with Gasteiger partial charge in [0.25, 0.3) is 5.69 Å². The molecule has 1 rings (SSSR count). The van der Waals surface area contributed by atoms with Gasteiger partial charge in [0.15, 0.2) is 0 Å². The maximum Gasteiger partial charge on any atom is 0.269 e. The molecule has 0 saturated heterocycles. The Morgan fingerprint density at radius 3 is 2.39 bits per heavy atom. The molecule has 0 saturated carbocycles. The van der Waals surface area contributed by atoms with E-state index in [9.17, 15) is 23.8 Å². The highest BCUT2D eigenvalue weighted by Crippen LogP contribution is 2.37. The quantitative estimate of drug-likeness (QED) is 0.607. The summed E-state index contributed by atoms with van der Waals surface area (Å²) in [5.41, 5.74) is -0.956. The predicted octanol–water partition coefficient (Wildman–Crippen LogP) is 3.31. The molecule has 7 heteroatoms. The first-order chi connectivity index (χ1) is 10.6. The summed E-state index contributed by atoms with van der Waals surface area (Å²) in [5.74, 6) is -0.428. The third-order valence-corrected chi connectivity index (χ3v) is 6.27. The van der Waals surface area contributed by atoms with Gasteiger partial charge in [0.1, 0.15) is 5.82 Å². The van der Waals surface area contributed by atoms with Crippen LogP contribution in [0.15, 0.2) is 18.2 Å². The third kappa shape index (κ3) is 4.57. The van der Waals surface area contributed by atoms with Gasteiger partial charge in [-0.3, -0.25) is 14.3 Å². The fourth-order valence-corrected chi connectivity index (χ4v) is 3.91. The molecule has 0 spiro atoms. The van der Waals surface area contributed by atoms with Crippen molar-refractivity contribution in [3.63, 3.8) is 0 Å². The largest absolute Gasteiger partial charge is 0.396 e. The van der Waals surface area contributed by atoms with Gasteiger partial charge in [-0.1, -0.05) is 6.92 Å². The molecule has 0 aliphatic carbocycles. The number of non-ortho nitro benzene ring substituents is 1. The van der Waals surface area contributed by atoms with Crippen LogP contribution >= 0.6 is 0 Å². The van der Waals surface area contributed by atoms with Crippen molar-refractivity contribution >= 4 is 16.5 Å². The highest BCUT2D eigenvalue weighted by Gasteiger charge is 2.38. The number of hydrogen-bond acceptors (Lipinski definition) is 4. The summed E-state index contributed by atoms with van der Waals surface area (Å²) in [4.78, 5) is 10.4. The lowest BCUT2D eigenvalue weighted by molar-refractivity contribution is -0.385. The maximum atomic E-state index is 14.4. The molecule has 1 aromatic carbocycles. The van der Waals surface area contributed by atoms with E-state index < -0.39 is 31.7 Å². The molecule has 5 nitrogen and oxygen atoms in total.